The number of ketones is 1. The van der Waals surface area contributed by atoms with Crippen molar-refractivity contribution in [3.8, 4) is 17.2 Å². The van der Waals surface area contributed by atoms with Crippen LogP contribution in [-0.2, 0) is 4.74 Å². The fourth-order valence-electron chi connectivity index (χ4n) is 2.40. The molecule has 148 valence electrons. The van der Waals surface area contributed by atoms with Crippen molar-refractivity contribution in [2.24, 2.45) is 0 Å². The number of benzene rings is 2. The highest BCUT2D eigenvalue weighted by molar-refractivity contribution is 6.07. The van der Waals surface area contributed by atoms with Crippen LogP contribution < -0.4 is 14.2 Å². The lowest BCUT2D eigenvalue weighted by Crippen LogP contribution is -2.04. The molecule has 0 aliphatic carbocycles. The Morgan fingerprint density at radius 2 is 1.68 bits per heavy atom. The maximum Gasteiger partial charge on any atom is 0.280 e. The first-order valence-electron chi connectivity index (χ1n) is 8.34. The van der Waals surface area contributed by atoms with E-state index in [1.165, 1.54) is 38.5 Å². The third-order valence-electron chi connectivity index (χ3n) is 3.84. The standard InChI is InChI=1S/C20H21NO7/c1-25-10-11-28-16-7-4-14(5-8-16)18(22)9-6-15-12-19(26-2)20(27-3)13-17(15)21(23)24/h4-9,12-13H,10-11H2,1-3H3/b9-6-. The molecule has 0 unspecified atom stereocenters. The number of carbonyl (C=O) groups excluding carboxylic acids is 1. The van der Waals surface area contributed by atoms with Crippen molar-refractivity contribution in [3.63, 3.8) is 0 Å². The van der Waals surface area contributed by atoms with Crippen LogP contribution in [0.15, 0.2) is 42.5 Å². The van der Waals surface area contributed by atoms with Gasteiger partial charge >= 0.3 is 0 Å². The van der Waals surface area contributed by atoms with Crippen LogP contribution in [0, 0.1) is 10.1 Å². The minimum Gasteiger partial charge on any atom is -0.493 e. The summed E-state index contributed by atoms with van der Waals surface area (Å²) in [5.41, 5.74) is 0.470. The van der Waals surface area contributed by atoms with Gasteiger partial charge in [-0.3, -0.25) is 14.9 Å². The Morgan fingerprint density at radius 3 is 2.25 bits per heavy atom. The van der Waals surface area contributed by atoms with Gasteiger partial charge in [-0.05, 0) is 42.5 Å². The fraction of sp³-hybridized carbons (Fsp3) is 0.250. The van der Waals surface area contributed by atoms with E-state index in [9.17, 15) is 14.9 Å². The number of allylic oxidation sites excluding steroid dienone is 1. The first kappa shape index (κ1) is 20.9. The molecule has 0 saturated carbocycles. The summed E-state index contributed by atoms with van der Waals surface area (Å²) >= 11 is 0. The number of rotatable bonds is 10. The highest BCUT2D eigenvalue weighted by atomic mass is 16.6. The molecule has 0 heterocycles. The van der Waals surface area contributed by atoms with E-state index >= 15 is 0 Å². The zero-order valence-corrected chi connectivity index (χ0v) is 15.8. The van der Waals surface area contributed by atoms with Gasteiger partial charge in [0.15, 0.2) is 17.3 Å². The van der Waals surface area contributed by atoms with E-state index < -0.39 is 4.92 Å². The topological polar surface area (TPSA) is 97.1 Å². The Labute approximate surface area is 162 Å². The molecular formula is C20H21NO7. The summed E-state index contributed by atoms with van der Waals surface area (Å²) in [6, 6.07) is 9.31. The van der Waals surface area contributed by atoms with E-state index in [1.54, 1.807) is 31.4 Å². The molecule has 2 aromatic rings. The highest BCUT2D eigenvalue weighted by Gasteiger charge is 2.18. The average molecular weight is 387 g/mol. The van der Waals surface area contributed by atoms with Gasteiger partial charge in [-0.2, -0.15) is 0 Å². The molecular weight excluding hydrogens is 366 g/mol. The van der Waals surface area contributed by atoms with Gasteiger partial charge in [0.1, 0.15) is 12.4 Å². The van der Waals surface area contributed by atoms with Crippen molar-refractivity contribution >= 4 is 17.5 Å². The SMILES string of the molecule is COCCOc1ccc(C(=O)/C=C\c2cc(OC)c(OC)cc2[N+](=O)[O-])cc1. The second-order valence-electron chi connectivity index (χ2n) is 5.59. The molecule has 0 spiro atoms. The predicted octanol–water partition coefficient (Wildman–Crippen LogP) is 3.53. The minimum absolute atomic E-state index is 0.191. The van der Waals surface area contributed by atoms with E-state index in [0.29, 0.717) is 30.3 Å². The number of nitrogens with zero attached hydrogens (tertiary/aromatic N) is 1. The van der Waals surface area contributed by atoms with Crippen LogP contribution in [0.4, 0.5) is 5.69 Å². The normalized spacial score (nSPS) is 10.7. The Kier molecular flexibility index (Phi) is 7.53. The van der Waals surface area contributed by atoms with Gasteiger partial charge in [-0.1, -0.05) is 0 Å². The Balaban J connectivity index is 2.20. The molecule has 0 bridgehead atoms. The van der Waals surface area contributed by atoms with Crippen LogP contribution >= 0.6 is 0 Å². The monoisotopic (exact) mass is 387 g/mol. The number of nitro benzene ring substituents is 1. The Hall–Kier alpha value is -3.39. The third-order valence-corrected chi connectivity index (χ3v) is 3.84. The van der Waals surface area contributed by atoms with Gasteiger partial charge in [0.25, 0.3) is 5.69 Å². The summed E-state index contributed by atoms with van der Waals surface area (Å²) in [6.07, 6.45) is 2.65. The summed E-state index contributed by atoms with van der Waals surface area (Å²) in [6.45, 7) is 0.875. The van der Waals surface area contributed by atoms with Crippen LogP contribution in [0.3, 0.4) is 0 Å². The summed E-state index contributed by atoms with van der Waals surface area (Å²) in [5.74, 6) is 0.889. The number of ether oxygens (including phenoxy) is 4. The molecule has 0 N–H and O–H groups in total. The summed E-state index contributed by atoms with van der Waals surface area (Å²) < 4.78 is 20.6. The number of hydrogen-bond donors (Lipinski definition) is 0. The molecule has 2 aromatic carbocycles. The molecule has 0 saturated heterocycles. The van der Waals surface area contributed by atoms with Gasteiger partial charge in [0.2, 0.25) is 0 Å². The van der Waals surface area contributed by atoms with Crippen molar-refractivity contribution in [2.75, 3.05) is 34.5 Å². The lowest BCUT2D eigenvalue weighted by Gasteiger charge is -2.08. The molecule has 8 nitrogen and oxygen atoms in total. The molecule has 0 aliphatic heterocycles. The number of methoxy groups -OCH3 is 3. The van der Waals surface area contributed by atoms with Crippen LogP contribution in [0.1, 0.15) is 15.9 Å². The van der Waals surface area contributed by atoms with Crippen molar-refractivity contribution < 1.29 is 28.7 Å². The fourth-order valence-corrected chi connectivity index (χ4v) is 2.40. The third kappa shape index (κ3) is 5.31. The van der Waals surface area contributed by atoms with Gasteiger partial charge in [-0.25, -0.2) is 0 Å². The van der Waals surface area contributed by atoms with Crippen LogP contribution in [-0.4, -0.2) is 45.2 Å². The van der Waals surface area contributed by atoms with Gasteiger partial charge in [0.05, 0.1) is 37.4 Å². The van der Waals surface area contributed by atoms with Crippen molar-refractivity contribution in [3.05, 3.63) is 63.7 Å². The molecule has 0 radical (unpaired) electrons. The zero-order valence-electron chi connectivity index (χ0n) is 15.8. The average Bonchev–Trinajstić information content (AvgIpc) is 2.71. The highest BCUT2D eigenvalue weighted by Crippen LogP contribution is 2.35. The largest absolute Gasteiger partial charge is 0.493 e. The van der Waals surface area contributed by atoms with Crippen LogP contribution in [0.2, 0.25) is 0 Å². The van der Waals surface area contributed by atoms with Gasteiger partial charge < -0.3 is 18.9 Å². The molecule has 0 aliphatic rings. The molecule has 0 fully saturated rings. The van der Waals surface area contributed by atoms with E-state index in [0.717, 1.165) is 0 Å². The molecule has 28 heavy (non-hydrogen) atoms. The maximum atomic E-state index is 12.4. The quantitative estimate of drug-likeness (QED) is 0.202. The summed E-state index contributed by atoms with van der Waals surface area (Å²) in [5, 5.41) is 11.3. The van der Waals surface area contributed by atoms with Crippen LogP contribution in [0.5, 0.6) is 17.2 Å². The van der Waals surface area contributed by atoms with E-state index in [1.807, 2.05) is 0 Å². The smallest absolute Gasteiger partial charge is 0.280 e. The molecule has 0 atom stereocenters. The van der Waals surface area contributed by atoms with Crippen LogP contribution in [0.25, 0.3) is 6.08 Å². The van der Waals surface area contributed by atoms with Crippen molar-refractivity contribution in [1.29, 1.82) is 0 Å². The Bertz CT molecular complexity index is 860. The van der Waals surface area contributed by atoms with E-state index in [2.05, 4.69) is 0 Å². The molecule has 0 amide bonds. The minimum atomic E-state index is -0.543. The first-order chi connectivity index (χ1) is 13.5. The lowest BCUT2D eigenvalue weighted by atomic mass is 10.1. The van der Waals surface area contributed by atoms with Crippen molar-refractivity contribution in [1.82, 2.24) is 0 Å². The second-order valence-corrected chi connectivity index (χ2v) is 5.59. The maximum absolute atomic E-state index is 12.4. The van der Waals surface area contributed by atoms with Gasteiger partial charge in [0, 0.05) is 12.7 Å². The van der Waals surface area contributed by atoms with Crippen molar-refractivity contribution in [2.45, 2.75) is 0 Å². The summed E-state index contributed by atoms with van der Waals surface area (Å²) in [7, 11) is 4.40. The van der Waals surface area contributed by atoms with E-state index in [-0.39, 0.29) is 22.8 Å². The molecule has 2 rings (SSSR count). The second kappa shape index (κ2) is 10.1. The zero-order chi connectivity index (χ0) is 20.5. The Morgan fingerprint density at radius 1 is 1.04 bits per heavy atom. The number of carbonyl (C=O) groups is 1. The molecule has 0 aromatic heterocycles. The molecule has 8 heteroatoms. The predicted molar refractivity (Wildman–Crippen MR) is 103 cm³/mol. The van der Waals surface area contributed by atoms with Gasteiger partial charge in [-0.15, -0.1) is 0 Å². The first-order valence-corrected chi connectivity index (χ1v) is 8.34. The lowest BCUT2D eigenvalue weighted by molar-refractivity contribution is -0.385. The van der Waals surface area contributed by atoms with E-state index in [4.69, 9.17) is 18.9 Å². The number of hydrogen-bond acceptors (Lipinski definition) is 7. The summed E-state index contributed by atoms with van der Waals surface area (Å²) in [4.78, 5) is 23.1. The number of nitro groups is 1.